The minimum atomic E-state index is -0.499. The predicted molar refractivity (Wildman–Crippen MR) is 81.9 cm³/mol. The lowest BCUT2D eigenvalue weighted by molar-refractivity contribution is -0.385. The highest BCUT2D eigenvalue weighted by Gasteiger charge is 2.51. The summed E-state index contributed by atoms with van der Waals surface area (Å²) in [5.41, 5.74) is -0.116. The van der Waals surface area contributed by atoms with Gasteiger partial charge in [0.15, 0.2) is 0 Å². The SMILES string of the molecule is CCO[C@H]1C[C@H](N(C)c2ncc([N+](=O)[O-])cc2Cl)C1(C)C. The Balaban J connectivity index is 2.18. The standard InChI is InChI=1S/C14H20ClN3O3/c1-5-21-12-7-11(14(12,2)3)17(4)13-10(15)6-9(8-16-13)18(19)20/h6,8,11-12H,5,7H2,1-4H3/t11-,12-/m0/s1. The van der Waals surface area contributed by atoms with Crippen LogP contribution < -0.4 is 4.90 Å². The van der Waals surface area contributed by atoms with Crippen molar-refractivity contribution in [2.75, 3.05) is 18.6 Å². The molecule has 1 aliphatic rings. The molecule has 7 heteroatoms. The third-order valence-corrected chi connectivity index (χ3v) is 4.59. The van der Waals surface area contributed by atoms with Gasteiger partial charge in [0, 0.05) is 31.2 Å². The third-order valence-electron chi connectivity index (χ3n) is 4.31. The van der Waals surface area contributed by atoms with Crippen LogP contribution in [-0.2, 0) is 4.74 Å². The normalized spacial score (nSPS) is 23.5. The van der Waals surface area contributed by atoms with E-state index in [2.05, 4.69) is 18.8 Å². The van der Waals surface area contributed by atoms with Crippen LogP contribution in [0.4, 0.5) is 11.5 Å². The van der Waals surface area contributed by atoms with Crippen molar-refractivity contribution in [3.8, 4) is 0 Å². The summed E-state index contributed by atoms with van der Waals surface area (Å²) in [6, 6.07) is 1.58. The van der Waals surface area contributed by atoms with Crippen molar-refractivity contribution in [1.29, 1.82) is 0 Å². The summed E-state index contributed by atoms with van der Waals surface area (Å²) in [7, 11) is 1.91. The maximum absolute atomic E-state index is 10.7. The van der Waals surface area contributed by atoms with E-state index >= 15 is 0 Å². The fourth-order valence-corrected chi connectivity index (χ4v) is 3.23. The Morgan fingerprint density at radius 2 is 2.29 bits per heavy atom. The molecule has 1 saturated carbocycles. The van der Waals surface area contributed by atoms with Crippen LogP contribution in [0.5, 0.6) is 0 Å². The van der Waals surface area contributed by atoms with E-state index < -0.39 is 4.92 Å². The Morgan fingerprint density at radius 3 is 2.76 bits per heavy atom. The number of anilines is 1. The summed E-state index contributed by atoms with van der Waals surface area (Å²) in [5, 5.41) is 11.0. The summed E-state index contributed by atoms with van der Waals surface area (Å²) < 4.78 is 5.72. The molecular weight excluding hydrogens is 294 g/mol. The second-order valence-electron chi connectivity index (χ2n) is 5.88. The smallest absolute Gasteiger partial charge is 0.289 e. The molecule has 0 aliphatic heterocycles. The molecule has 0 bridgehead atoms. The molecule has 1 aliphatic carbocycles. The maximum Gasteiger partial charge on any atom is 0.289 e. The van der Waals surface area contributed by atoms with Crippen LogP contribution in [0.2, 0.25) is 5.02 Å². The Kier molecular flexibility index (Phi) is 4.39. The summed E-state index contributed by atoms with van der Waals surface area (Å²) in [6.07, 6.45) is 2.35. The number of halogens is 1. The number of aromatic nitrogens is 1. The number of nitrogens with zero attached hydrogens (tertiary/aromatic N) is 3. The van der Waals surface area contributed by atoms with Gasteiger partial charge >= 0.3 is 0 Å². The second-order valence-corrected chi connectivity index (χ2v) is 6.29. The molecule has 2 rings (SSSR count). The molecule has 1 heterocycles. The lowest BCUT2D eigenvalue weighted by atomic mass is 9.64. The van der Waals surface area contributed by atoms with E-state index in [4.69, 9.17) is 16.3 Å². The van der Waals surface area contributed by atoms with E-state index in [1.54, 1.807) is 0 Å². The quantitative estimate of drug-likeness (QED) is 0.616. The van der Waals surface area contributed by atoms with E-state index in [1.165, 1.54) is 12.3 Å². The molecule has 0 radical (unpaired) electrons. The maximum atomic E-state index is 10.7. The summed E-state index contributed by atoms with van der Waals surface area (Å²) >= 11 is 6.14. The highest BCUT2D eigenvalue weighted by molar-refractivity contribution is 6.33. The zero-order valence-electron chi connectivity index (χ0n) is 12.7. The average molecular weight is 314 g/mol. The molecule has 1 aromatic heterocycles. The summed E-state index contributed by atoms with van der Waals surface area (Å²) in [6.45, 7) is 6.98. The molecule has 0 unspecified atom stereocenters. The molecule has 1 aromatic rings. The van der Waals surface area contributed by atoms with Gasteiger partial charge in [0.25, 0.3) is 5.69 Å². The first-order valence-electron chi connectivity index (χ1n) is 6.93. The highest BCUT2D eigenvalue weighted by atomic mass is 35.5. The summed E-state index contributed by atoms with van der Waals surface area (Å²) in [5.74, 6) is 0.565. The van der Waals surface area contributed by atoms with Crippen molar-refractivity contribution in [2.45, 2.75) is 39.3 Å². The molecular formula is C14H20ClN3O3. The number of rotatable bonds is 5. The van der Waals surface area contributed by atoms with Gasteiger partial charge in [-0.1, -0.05) is 25.4 Å². The van der Waals surface area contributed by atoms with Crippen molar-refractivity contribution in [1.82, 2.24) is 4.98 Å². The van der Waals surface area contributed by atoms with Crippen molar-refractivity contribution in [3.05, 3.63) is 27.4 Å². The fraction of sp³-hybridized carbons (Fsp3) is 0.643. The van der Waals surface area contributed by atoms with Crippen LogP contribution in [0.25, 0.3) is 0 Å². The Bertz CT molecular complexity index is 550. The number of nitro groups is 1. The van der Waals surface area contributed by atoms with Crippen LogP contribution in [-0.4, -0.2) is 35.7 Å². The van der Waals surface area contributed by atoms with Gasteiger partial charge in [0.2, 0.25) is 0 Å². The molecule has 0 amide bonds. The number of pyridine rings is 1. The molecule has 0 aromatic carbocycles. The lowest BCUT2D eigenvalue weighted by Crippen LogP contribution is -2.61. The van der Waals surface area contributed by atoms with Crippen LogP contribution >= 0.6 is 11.6 Å². The van der Waals surface area contributed by atoms with Gasteiger partial charge in [-0.3, -0.25) is 10.1 Å². The van der Waals surface area contributed by atoms with E-state index in [9.17, 15) is 10.1 Å². The predicted octanol–water partition coefficient (Wildman–Crippen LogP) is 3.28. The first-order valence-corrected chi connectivity index (χ1v) is 7.31. The monoisotopic (exact) mass is 313 g/mol. The number of hydrogen-bond donors (Lipinski definition) is 0. The minimum Gasteiger partial charge on any atom is -0.378 e. The molecule has 6 nitrogen and oxygen atoms in total. The van der Waals surface area contributed by atoms with Gasteiger partial charge in [0.05, 0.1) is 16.0 Å². The lowest BCUT2D eigenvalue weighted by Gasteiger charge is -2.55. The van der Waals surface area contributed by atoms with E-state index in [1.807, 2.05) is 18.9 Å². The highest BCUT2D eigenvalue weighted by Crippen LogP contribution is 2.47. The molecule has 0 N–H and O–H groups in total. The van der Waals surface area contributed by atoms with E-state index in [0.717, 1.165) is 6.42 Å². The molecule has 0 spiro atoms. The minimum absolute atomic E-state index is 0.0163. The van der Waals surface area contributed by atoms with E-state index in [0.29, 0.717) is 17.4 Å². The van der Waals surface area contributed by atoms with Gasteiger partial charge in [0.1, 0.15) is 12.0 Å². The van der Waals surface area contributed by atoms with Gasteiger partial charge in [-0.05, 0) is 13.3 Å². The first kappa shape index (κ1) is 16.0. The molecule has 2 atom stereocenters. The van der Waals surface area contributed by atoms with Crippen LogP contribution in [0.3, 0.4) is 0 Å². The Hall–Kier alpha value is -1.40. The zero-order valence-corrected chi connectivity index (χ0v) is 13.4. The van der Waals surface area contributed by atoms with Gasteiger partial charge in [-0.15, -0.1) is 0 Å². The zero-order chi connectivity index (χ0) is 15.8. The van der Waals surface area contributed by atoms with Gasteiger partial charge < -0.3 is 9.64 Å². The first-order chi connectivity index (χ1) is 9.78. The van der Waals surface area contributed by atoms with Crippen molar-refractivity contribution in [3.63, 3.8) is 0 Å². The van der Waals surface area contributed by atoms with Crippen molar-refractivity contribution < 1.29 is 9.66 Å². The van der Waals surface area contributed by atoms with Crippen LogP contribution in [0.1, 0.15) is 27.2 Å². The van der Waals surface area contributed by atoms with Gasteiger partial charge in [-0.2, -0.15) is 0 Å². The number of hydrogen-bond acceptors (Lipinski definition) is 5. The average Bonchev–Trinajstić information content (AvgIpc) is 2.42. The molecule has 116 valence electrons. The van der Waals surface area contributed by atoms with Crippen molar-refractivity contribution in [2.24, 2.45) is 5.41 Å². The fourth-order valence-electron chi connectivity index (χ4n) is 2.93. The molecule has 1 fully saturated rings. The van der Waals surface area contributed by atoms with Gasteiger partial charge in [-0.25, -0.2) is 4.98 Å². The molecule has 0 saturated heterocycles. The topological polar surface area (TPSA) is 68.5 Å². The molecule has 21 heavy (non-hydrogen) atoms. The Labute approximate surface area is 129 Å². The van der Waals surface area contributed by atoms with Crippen LogP contribution in [0, 0.1) is 15.5 Å². The van der Waals surface area contributed by atoms with E-state index in [-0.39, 0.29) is 23.2 Å². The second kappa shape index (κ2) is 5.77. The van der Waals surface area contributed by atoms with Crippen LogP contribution in [0.15, 0.2) is 12.3 Å². The Morgan fingerprint density at radius 1 is 1.62 bits per heavy atom. The third kappa shape index (κ3) is 2.82. The number of ether oxygens (including phenoxy) is 1. The van der Waals surface area contributed by atoms with Crippen molar-refractivity contribution >= 4 is 23.1 Å². The largest absolute Gasteiger partial charge is 0.378 e. The summed E-state index contributed by atoms with van der Waals surface area (Å²) in [4.78, 5) is 16.4.